The highest BCUT2D eigenvalue weighted by Gasteiger charge is 2.04. The smallest absolute Gasteiger partial charge is 0.244 e. The summed E-state index contributed by atoms with van der Waals surface area (Å²) in [6, 6.07) is 11.2. The van der Waals surface area contributed by atoms with E-state index < -0.39 is 0 Å². The van der Waals surface area contributed by atoms with Gasteiger partial charge in [0.15, 0.2) is 4.67 Å². The quantitative estimate of drug-likeness (QED) is 0.646. The van der Waals surface area contributed by atoms with Crippen LogP contribution >= 0.6 is 31.9 Å². The summed E-state index contributed by atoms with van der Waals surface area (Å²) in [5, 5.41) is 3.83. The van der Waals surface area contributed by atoms with Crippen molar-refractivity contribution in [1.29, 1.82) is 0 Å². The predicted molar refractivity (Wildman–Crippen MR) is 80.0 cm³/mol. The van der Waals surface area contributed by atoms with Gasteiger partial charge in [-0.3, -0.25) is 4.79 Å². The van der Waals surface area contributed by atoms with E-state index in [2.05, 4.69) is 42.4 Å². The first-order valence-electron chi connectivity index (χ1n) is 5.46. The van der Waals surface area contributed by atoms with Crippen molar-refractivity contribution < 1.29 is 9.21 Å². The molecule has 0 fully saturated rings. The molecule has 4 nitrogen and oxygen atoms in total. The standard InChI is InChI=1S/C13H10Br2N2O2/c14-11-7-10(19-13(11)15)8-16-17-12(18)6-9-4-2-1-3-5-9/h1-5,7-8H,6H2,(H,17,18). The second-order valence-corrected chi connectivity index (χ2v) is 5.30. The van der Waals surface area contributed by atoms with Crippen molar-refractivity contribution in [2.75, 3.05) is 0 Å². The molecule has 19 heavy (non-hydrogen) atoms. The van der Waals surface area contributed by atoms with Crippen LogP contribution in [0.2, 0.25) is 0 Å². The monoisotopic (exact) mass is 384 g/mol. The minimum Gasteiger partial charge on any atom is -0.447 e. The molecule has 2 aromatic rings. The van der Waals surface area contributed by atoms with E-state index >= 15 is 0 Å². The number of hydrogen-bond donors (Lipinski definition) is 1. The van der Waals surface area contributed by atoms with Gasteiger partial charge in [-0.15, -0.1) is 0 Å². The van der Waals surface area contributed by atoms with Gasteiger partial charge in [0, 0.05) is 6.07 Å². The Labute approximate surface area is 127 Å². The molecule has 0 saturated carbocycles. The third-order valence-corrected chi connectivity index (χ3v) is 3.96. The Balaban J connectivity index is 1.87. The van der Waals surface area contributed by atoms with Crippen LogP contribution in [-0.4, -0.2) is 12.1 Å². The Morgan fingerprint density at radius 1 is 1.32 bits per heavy atom. The van der Waals surface area contributed by atoms with Crippen molar-refractivity contribution in [3.05, 3.63) is 56.9 Å². The van der Waals surface area contributed by atoms with Crippen molar-refractivity contribution in [1.82, 2.24) is 5.43 Å². The van der Waals surface area contributed by atoms with E-state index in [4.69, 9.17) is 4.42 Å². The van der Waals surface area contributed by atoms with Crippen molar-refractivity contribution in [2.45, 2.75) is 6.42 Å². The highest BCUT2D eigenvalue weighted by Crippen LogP contribution is 2.25. The summed E-state index contributed by atoms with van der Waals surface area (Å²) >= 11 is 6.51. The number of hydrazone groups is 1. The number of nitrogens with zero attached hydrogens (tertiary/aromatic N) is 1. The first-order valence-corrected chi connectivity index (χ1v) is 7.04. The fraction of sp³-hybridized carbons (Fsp3) is 0.0769. The van der Waals surface area contributed by atoms with Crippen LogP contribution in [0.15, 0.2) is 55.1 Å². The van der Waals surface area contributed by atoms with Crippen LogP contribution in [0, 0.1) is 0 Å². The molecule has 0 saturated heterocycles. The molecular formula is C13H10Br2N2O2. The van der Waals surface area contributed by atoms with Crippen LogP contribution in [0.4, 0.5) is 0 Å². The molecule has 0 aliphatic rings. The van der Waals surface area contributed by atoms with Gasteiger partial charge >= 0.3 is 0 Å². The topological polar surface area (TPSA) is 54.6 Å². The molecule has 0 radical (unpaired) electrons. The number of halogens is 2. The van der Waals surface area contributed by atoms with Crippen molar-refractivity contribution >= 4 is 44.0 Å². The molecule has 1 N–H and O–H groups in total. The highest BCUT2D eigenvalue weighted by atomic mass is 79.9. The largest absolute Gasteiger partial charge is 0.447 e. The zero-order valence-electron chi connectivity index (χ0n) is 9.77. The number of carbonyl (C=O) groups is 1. The van der Waals surface area contributed by atoms with Crippen molar-refractivity contribution in [2.24, 2.45) is 5.10 Å². The van der Waals surface area contributed by atoms with Crippen LogP contribution in [0.1, 0.15) is 11.3 Å². The molecule has 98 valence electrons. The third-order valence-electron chi connectivity index (χ3n) is 2.25. The molecule has 1 aromatic heterocycles. The van der Waals surface area contributed by atoms with Gasteiger partial charge in [0.25, 0.3) is 0 Å². The van der Waals surface area contributed by atoms with Crippen LogP contribution in [0.5, 0.6) is 0 Å². The second-order valence-electron chi connectivity index (χ2n) is 3.73. The summed E-state index contributed by atoms with van der Waals surface area (Å²) < 4.78 is 6.67. The zero-order valence-corrected chi connectivity index (χ0v) is 12.9. The van der Waals surface area contributed by atoms with Gasteiger partial charge in [0.2, 0.25) is 5.91 Å². The summed E-state index contributed by atoms with van der Waals surface area (Å²) in [4.78, 5) is 11.6. The lowest BCUT2D eigenvalue weighted by molar-refractivity contribution is -0.120. The average Bonchev–Trinajstić information content (AvgIpc) is 2.70. The maximum Gasteiger partial charge on any atom is 0.244 e. The normalized spacial score (nSPS) is 10.8. The molecule has 1 heterocycles. The molecule has 6 heteroatoms. The molecule has 0 unspecified atom stereocenters. The van der Waals surface area contributed by atoms with Crippen molar-refractivity contribution in [3.8, 4) is 0 Å². The summed E-state index contributed by atoms with van der Waals surface area (Å²) in [6.45, 7) is 0. The fourth-order valence-corrected chi connectivity index (χ4v) is 2.02. The lowest BCUT2D eigenvalue weighted by atomic mass is 10.1. The van der Waals surface area contributed by atoms with E-state index in [0.717, 1.165) is 10.0 Å². The fourth-order valence-electron chi connectivity index (χ4n) is 1.42. The van der Waals surface area contributed by atoms with Crippen LogP contribution in [-0.2, 0) is 11.2 Å². The summed E-state index contributed by atoms with van der Waals surface area (Å²) in [7, 11) is 0. The van der Waals surface area contributed by atoms with E-state index in [-0.39, 0.29) is 5.91 Å². The predicted octanol–water partition coefficient (Wildman–Crippen LogP) is 3.50. The van der Waals surface area contributed by atoms with E-state index in [1.165, 1.54) is 6.21 Å². The molecule has 0 spiro atoms. The van der Waals surface area contributed by atoms with Gasteiger partial charge in [-0.05, 0) is 37.4 Å². The number of nitrogens with one attached hydrogen (secondary N) is 1. The average molecular weight is 386 g/mol. The number of furan rings is 1. The minimum absolute atomic E-state index is 0.174. The summed E-state index contributed by atoms with van der Waals surface area (Å²) in [6.07, 6.45) is 1.74. The molecule has 0 atom stereocenters. The van der Waals surface area contributed by atoms with E-state index in [0.29, 0.717) is 16.9 Å². The number of carbonyl (C=O) groups excluding carboxylic acids is 1. The van der Waals surface area contributed by atoms with Crippen LogP contribution in [0.3, 0.4) is 0 Å². The first-order chi connectivity index (χ1) is 9.15. The lowest BCUT2D eigenvalue weighted by Crippen LogP contribution is -2.19. The minimum atomic E-state index is -0.174. The first kappa shape index (κ1) is 14.0. The number of amides is 1. The van der Waals surface area contributed by atoms with E-state index in [1.807, 2.05) is 30.3 Å². The molecule has 1 aromatic carbocycles. The lowest BCUT2D eigenvalue weighted by Gasteiger charge is -1.99. The summed E-state index contributed by atoms with van der Waals surface area (Å²) in [5.74, 6) is 0.367. The Bertz CT molecular complexity index is 574. The molecule has 2 rings (SSSR count). The van der Waals surface area contributed by atoms with Gasteiger partial charge in [-0.25, -0.2) is 5.43 Å². The van der Waals surface area contributed by atoms with Gasteiger partial charge in [-0.2, -0.15) is 5.10 Å². The number of rotatable bonds is 4. The van der Waals surface area contributed by atoms with Gasteiger partial charge in [0.1, 0.15) is 5.76 Å². The van der Waals surface area contributed by atoms with E-state index in [9.17, 15) is 4.79 Å². The molecule has 0 aliphatic carbocycles. The van der Waals surface area contributed by atoms with Gasteiger partial charge < -0.3 is 4.42 Å². The van der Waals surface area contributed by atoms with Crippen LogP contribution in [0.25, 0.3) is 0 Å². The maximum absolute atomic E-state index is 11.6. The van der Waals surface area contributed by atoms with Gasteiger partial charge in [-0.1, -0.05) is 30.3 Å². The number of hydrogen-bond acceptors (Lipinski definition) is 3. The Kier molecular flexibility index (Phi) is 4.93. The van der Waals surface area contributed by atoms with E-state index in [1.54, 1.807) is 6.07 Å². The Morgan fingerprint density at radius 2 is 2.05 bits per heavy atom. The SMILES string of the molecule is O=C(Cc1ccccc1)NN=Cc1cc(Br)c(Br)o1. The van der Waals surface area contributed by atoms with Gasteiger partial charge in [0.05, 0.1) is 17.1 Å². The Morgan fingerprint density at radius 3 is 2.68 bits per heavy atom. The second kappa shape index (κ2) is 6.68. The third kappa shape index (κ3) is 4.33. The molecule has 0 bridgehead atoms. The molecule has 1 amide bonds. The highest BCUT2D eigenvalue weighted by molar-refractivity contribution is 9.13. The molecular weight excluding hydrogens is 376 g/mol. The zero-order chi connectivity index (χ0) is 13.7. The molecule has 0 aliphatic heterocycles. The number of benzene rings is 1. The van der Waals surface area contributed by atoms with Crippen LogP contribution < -0.4 is 5.43 Å². The Hall–Kier alpha value is -1.40. The maximum atomic E-state index is 11.6. The van der Waals surface area contributed by atoms with Crippen molar-refractivity contribution in [3.63, 3.8) is 0 Å². The summed E-state index contributed by atoms with van der Waals surface area (Å²) in [5.41, 5.74) is 3.39.